The van der Waals surface area contributed by atoms with Gasteiger partial charge in [0.25, 0.3) is 0 Å². The molecular weight excluding hydrogens is 669 g/mol. The van der Waals surface area contributed by atoms with E-state index in [1.165, 1.54) is 68.2 Å². The van der Waals surface area contributed by atoms with Crippen LogP contribution in [0.1, 0.15) is 62.8 Å². The maximum absolute atomic E-state index is 5.25. The summed E-state index contributed by atoms with van der Waals surface area (Å²) in [5, 5.41) is 5.16. The molecule has 0 amide bonds. The molecule has 0 unspecified atom stereocenters. The molecule has 2 aromatic heterocycles. The Kier molecular flexibility index (Phi) is 9.51. The number of fused-ring (bicyclic) bond motifs is 6. The molecule has 0 spiro atoms. The van der Waals surface area contributed by atoms with E-state index in [1.807, 2.05) is 53.2 Å². The maximum Gasteiger partial charge on any atom is 0.159 e. The molecule has 0 aliphatic heterocycles. The van der Waals surface area contributed by atoms with Gasteiger partial charge in [-0.15, -0.1) is 22.7 Å². The molecule has 0 aliphatic carbocycles. The van der Waals surface area contributed by atoms with Crippen molar-refractivity contribution in [1.82, 2.24) is 0 Å². The Balaban J connectivity index is 1.25. The number of rotatable bonds is 8. The Hall–Kier alpha value is -5.42. The van der Waals surface area contributed by atoms with Crippen LogP contribution in [0.25, 0.3) is 63.2 Å². The number of allylic oxidation sites excluding steroid dienone is 2. The zero-order valence-corrected chi connectivity index (χ0v) is 31.6. The Morgan fingerprint density at radius 1 is 0.558 bits per heavy atom. The fourth-order valence-electron chi connectivity index (χ4n) is 6.82. The predicted octanol–water partition coefficient (Wildman–Crippen LogP) is 14.6. The summed E-state index contributed by atoms with van der Waals surface area (Å²) in [7, 11) is 0. The Bertz CT molecular complexity index is 2700. The molecule has 0 bridgehead atoms. The molecule has 0 fully saturated rings. The number of hydrogen-bond donors (Lipinski definition) is 0. The van der Waals surface area contributed by atoms with Gasteiger partial charge in [0.15, 0.2) is 5.84 Å². The van der Waals surface area contributed by atoms with E-state index in [-0.39, 0.29) is 0 Å². The summed E-state index contributed by atoms with van der Waals surface area (Å²) in [5.74, 6) is 0.698. The average molecular weight is 709 g/mol. The molecule has 254 valence electrons. The van der Waals surface area contributed by atoms with Crippen molar-refractivity contribution < 1.29 is 0 Å². The second-order valence-corrected chi connectivity index (χ2v) is 15.5. The van der Waals surface area contributed by atoms with Gasteiger partial charge in [0, 0.05) is 63.2 Å². The molecule has 8 aromatic rings. The fraction of sp³-hybridized carbons (Fsp3) is 0.125. The van der Waals surface area contributed by atoms with Gasteiger partial charge in [-0.3, -0.25) is 0 Å². The quantitative estimate of drug-likeness (QED) is 0.111. The normalized spacial score (nSPS) is 13.2. The lowest BCUT2D eigenvalue weighted by atomic mass is 9.98. The average Bonchev–Trinajstić information content (AvgIpc) is 3.77. The zero-order chi connectivity index (χ0) is 35.6. The standard InChI is InChI=1S/C48H40N2S2/c1-5-31(3)27-37-19-13-21-43-45(37)39-28-35(23-25-41(39)51-43)36-24-26-42-40(29-36)46-38(20-14-22-44(46)52-42)30-49-48(34-17-11-8-12-18-34)50-47(32(4)6-2)33-15-9-7-10-16-33/h7-30H,5-6H2,1-4H3/b31-27+,47-32?,49-30?,50-48?. The molecule has 52 heavy (non-hydrogen) atoms. The van der Waals surface area contributed by atoms with Gasteiger partial charge in [0.05, 0.1) is 5.70 Å². The van der Waals surface area contributed by atoms with E-state index < -0.39 is 0 Å². The molecule has 2 nitrogen and oxygen atoms in total. The molecule has 4 heteroatoms. The van der Waals surface area contributed by atoms with Gasteiger partial charge in [0.1, 0.15) is 0 Å². The number of aliphatic imine (C=N–C) groups is 2. The van der Waals surface area contributed by atoms with Crippen molar-refractivity contribution in [2.24, 2.45) is 9.98 Å². The molecule has 0 radical (unpaired) electrons. The van der Waals surface area contributed by atoms with Gasteiger partial charge >= 0.3 is 0 Å². The first-order chi connectivity index (χ1) is 25.5. The summed E-state index contributed by atoms with van der Waals surface area (Å²) in [5.41, 5.74) is 10.5. The molecule has 6 aromatic carbocycles. The zero-order valence-electron chi connectivity index (χ0n) is 30.0. The van der Waals surface area contributed by atoms with E-state index in [2.05, 4.69) is 143 Å². The molecule has 8 rings (SSSR count). The van der Waals surface area contributed by atoms with Gasteiger partial charge in [0.2, 0.25) is 0 Å². The van der Waals surface area contributed by atoms with Crippen LogP contribution >= 0.6 is 22.7 Å². The molecular formula is C48H40N2S2. The first-order valence-electron chi connectivity index (χ1n) is 18.0. The van der Waals surface area contributed by atoms with E-state index in [0.29, 0.717) is 5.84 Å². The monoisotopic (exact) mass is 708 g/mol. The van der Waals surface area contributed by atoms with Gasteiger partial charge in [-0.2, -0.15) is 0 Å². The van der Waals surface area contributed by atoms with E-state index in [1.54, 1.807) is 0 Å². The van der Waals surface area contributed by atoms with Crippen molar-refractivity contribution in [2.75, 3.05) is 0 Å². The molecule has 0 N–H and O–H groups in total. The lowest BCUT2D eigenvalue weighted by Crippen LogP contribution is -2.00. The summed E-state index contributed by atoms with van der Waals surface area (Å²) in [6, 6.07) is 47.9. The van der Waals surface area contributed by atoms with Crippen molar-refractivity contribution >= 4 is 86.8 Å². The van der Waals surface area contributed by atoms with Crippen LogP contribution in [0.3, 0.4) is 0 Å². The smallest absolute Gasteiger partial charge is 0.159 e. The number of hydrogen-bond acceptors (Lipinski definition) is 3. The minimum Gasteiger partial charge on any atom is -0.236 e. The van der Waals surface area contributed by atoms with Crippen LogP contribution in [0.2, 0.25) is 0 Å². The summed E-state index contributed by atoms with van der Waals surface area (Å²) >= 11 is 3.72. The first-order valence-corrected chi connectivity index (χ1v) is 19.7. The highest BCUT2D eigenvalue weighted by molar-refractivity contribution is 7.26. The van der Waals surface area contributed by atoms with Gasteiger partial charge < -0.3 is 0 Å². The summed E-state index contributed by atoms with van der Waals surface area (Å²) < 4.78 is 5.18. The van der Waals surface area contributed by atoms with Crippen molar-refractivity contribution in [2.45, 2.75) is 40.5 Å². The second-order valence-electron chi connectivity index (χ2n) is 13.3. The van der Waals surface area contributed by atoms with Gasteiger partial charge in [-0.1, -0.05) is 123 Å². The number of thiophene rings is 2. The third-order valence-corrected chi connectivity index (χ3v) is 12.2. The van der Waals surface area contributed by atoms with Crippen LogP contribution in [0.4, 0.5) is 0 Å². The largest absolute Gasteiger partial charge is 0.236 e. The number of amidine groups is 1. The van der Waals surface area contributed by atoms with E-state index in [9.17, 15) is 0 Å². The SMILES string of the molecule is CCC(C)=C(N=C(N=Cc1cccc2sc3ccc(-c4ccc5sc6cccc(/C=C(\C)CC)c6c5c4)cc3c12)c1ccccc1)c1ccccc1. The number of benzene rings is 6. The molecule has 0 saturated heterocycles. The van der Waals surface area contributed by atoms with Crippen LogP contribution in [0, 0.1) is 0 Å². The third-order valence-electron chi connectivity index (χ3n) is 9.90. The van der Waals surface area contributed by atoms with Crippen LogP contribution in [0.5, 0.6) is 0 Å². The lowest BCUT2D eigenvalue weighted by Gasteiger charge is -2.10. The van der Waals surface area contributed by atoms with E-state index in [0.717, 1.165) is 35.2 Å². The van der Waals surface area contributed by atoms with Crippen LogP contribution < -0.4 is 0 Å². The van der Waals surface area contributed by atoms with E-state index in [4.69, 9.17) is 9.98 Å². The third kappa shape index (κ3) is 6.56. The Morgan fingerprint density at radius 3 is 1.69 bits per heavy atom. The van der Waals surface area contributed by atoms with Crippen LogP contribution in [0.15, 0.2) is 155 Å². The second kappa shape index (κ2) is 14.7. The summed E-state index contributed by atoms with van der Waals surface area (Å²) in [6.07, 6.45) is 6.32. The van der Waals surface area contributed by atoms with E-state index >= 15 is 0 Å². The highest BCUT2D eigenvalue weighted by Crippen LogP contribution is 2.41. The summed E-state index contributed by atoms with van der Waals surface area (Å²) in [6.45, 7) is 8.79. The summed E-state index contributed by atoms with van der Waals surface area (Å²) in [4.78, 5) is 10.4. The molecule has 0 atom stereocenters. The highest BCUT2D eigenvalue weighted by Gasteiger charge is 2.14. The van der Waals surface area contributed by atoms with Crippen molar-refractivity contribution in [1.29, 1.82) is 0 Å². The van der Waals surface area contributed by atoms with Gasteiger partial charge in [-0.05, 0) is 85.4 Å². The molecule has 2 heterocycles. The van der Waals surface area contributed by atoms with Crippen molar-refractivity contribution in [3.8, 4) is 11.1 Å². The first kappa shape index (κ1) is 33.7. The van der Waals surface area contributed by atoms with Gasteiger partial charge in [-0.25, -0.2) is 9.98 Å². The lowest BCUT2D eigenvalue weighted by molar-refractivity contribution is 1.09. The van der Waals surface area contributed by atoms with Crippen LogP contribution in [-0.4, -0.2) is 12.1 Å². The Morgan fingerprint density at radius 2 is 1.12 bits per heavy atom. The Labute approximate surface area is 313 Å². The predicted molar refractivity (Wildman–Crippen MR) is 231 cm³/mol. The van der Waals surface area contributed by atoms with Crippen molar-refractivity contribution in [3.05, 3.63) is 167 Å². The minimum absolute atomic E-state index is 0.698. The fourth-order valence-corrected chi connectivity index (χ4v) is 9.07. The molecule has 0 saturated carbocycles. The minimum atomic E-state index is 0.698. The molecule has 0 aliphatic rings. The van der Waals surface area contributed by atoms with Crippen molar-refractivity contribution in [3.63, 3.8) is 0 Å². The highest BCUT2D eigenvalue weighted by atomic mass is 32.1. The number of nitrogens with zero attached hydrogens (tertiary/aromatic N) is 2. The van der Waals surface area contributed by atoms with Crippen LogP contribution in [-0.2, 0) is 0 Å². The maximum atomic E-state index is 5.25. The topological polar surface area (TPSA) is 24.7 Å².